The van der Waals surface area contributed by atoms with Crippen LogP contribution in [0.5, 0.6) is 0 Å². The van der Waals surface area contributed by atoms with Crippen LogP contribution in [0.1, 0.15) is 32.8 Å². The molecule has 1 heterocycles. The number of nitrogens with one attached hydrogen (secondary N) is 2. The molecule has 126 valence electrons. The third-order valence-electron chi connectivity index (χ3n) is 5.10. The number of ether oxygens (including phenoxy) is 1. The zero-order valence-electron chi connectivity index (χ0n) is 14.1. The minimum Gasteiger partial charge on any atom is -0.377 e. The molecule has 0 bridgehead atoms. The van der Waals surface area contributed by atoms with Gasteiger partial charge in [0.2, 0.25) is 0 Å². The van der Waals surface area contributed by atoms with Crippen LogP contribution in [0.15, 0.2) is 29.3 Å². The van der Waals surface area contributed by atoms with Gasteiger partial charge in [-0.25, -0.2) is 4.99 Å². The number of fused-ring (bicyclic) bond motifs is 1. The Morgan fingerprint density at radius 2 is 2.17 bits per heavy atom. The van der Waals surface area contributed by atoms with Crippen LogP contribution in [0.3, 0.4) is 0 Å². The number of hydrogen-bond donors (Lipinski definition) is 2. The summed E-state index contributed by atoms with van der Waals surface area (Å²) in [6, 6.07) is 8.26. The lowest BCUT2D eigenvalue weighted by molar-refractivity contribution is -0.106. The number of benzene rings is 1. The summed E-state index contributed by atoms with van der Waals surface area (Å²) in [5.74, 6) is 1.45. The summed E-state index contributed by atoms with van der Waals surface area (Å²) < 4.78 is 5.87. The molecule has 1 aromatic carbocycles. The normalized spacial score (nSPS) is 28.9. The van der Waals surface area contributed by atoms with Gasteiger partial charge in [0.25, 0.3) is 0 Å². The van der Waals surface area contributed by atoms with Gasteiger partial charge in [0.05, 0.1) is 12.6 Å². The van der Waals surface area contributed by atoms with Crippen molar-refractivity contribution in [3.8, 4) is 0 Å². The van der Waals surface area contributed by atoms with Crippen LogP contribution in [-0.4, -0.2) is 31.3 Å². The highest BCUT2D eigenvalue weighted by Gasteiger charge is 2.59. The van der Waals surface area contributed by atoms with Crippen LogP contribution in [0.2, 0.25) is 5.02 Å². The molecule has 5 heteroatoms. The topological polar surface area (TPSA) is 45.7 Å². The maximum atomic E-state index is 6.22. The van der Waals surface area contributed by atoms with E-state index in [1.807, 2.05) is 24.3 Å². The third kappa shape index (κ3) is 3.20. The Labute approximate surface area is 143 Å². The molecule has 3 rings (SSSR count). The summed E-state index contributed by atoms with van der Waals surface area (Å²) in [6.07, 6.45) is 1.52. The lowest BCUT2D eigenvalue weighted by Crippen LogP contribution is -2.67. The lowest BCUT2D eigenvalue weighted by atomic mass is 9.57. The summed E-state index contributed by atoms with van der Waals surface area (Å²) in [5.41, 5.74) is 1.18. The summed E-state index contributed by atoms with van der Waals surface area (Å²) in [6.45, 7) is 8.92. The van der Waals surface area contributed by atoms with Gasteiger partial charge in [-0.15, -0.1) is 0 Å². The molecule has 1 aliphatic carbocycles. The van der Waals surface area contributed by atoms with Crippen molar-refractivity contribution in [1.29, 1.82) is 0 Å². The fourth-order valence-corrected chi connectivity index (χ4v) is 4.07. The molecular weight excluding hydrogens is 310 g/mol. The Balaban J connectivity index is 1.69. The predicted octanol–water partition coefficient (Wildman–Crippen LogP) is 3.21. The molecule has 1 saturated carbocycles. The minimum absolute atomic E-state index is 0.141. The van der Waals surface area contributed by atoms with Crippen LogP contribution >= 0.6 is 11.6 Å². The molecule has 2 N–H and O–H groups in total. The van der Waals surface area contributed by atoms with Crippen LogP contribution in [0.25, 0.3) is 0 Å². The molecule has 0 radical (unpaired) electrons. The van der Waals surface area contributed by atoms with Crippen molar-refractivity contribution in [2.75, 3.05) is 13.2 Å². The molecule has 3 atom stereocenters. The number of guanidine groups is 1. The Morgan fingerprint density at radius 3 is 2.91 bits per heavy atom. The van der Waals surface area contributed by atoms with Gasteiger partial charge in [0.15, 0.2) is 5.96 Å². The fraction of sp³-hybridized carbons (Fsp3) is 0.611. The highest BCUT2D eigenvalue weighted by molar-refractivity contribution is 6.31. The molecule has 1 saturated heterocycles. The second-order valence-corrected chi connectivity index (χ2v) is 7.38. The smallest absolute Gasteiger partial charge is 0.191 e. The van der Waals surface area contributed by atoms with Gasteiger partial charge in [-0.1, -0.05) is 43.6 Å². The van der Waals surface area contributed by atoms with Gasteiger partial charge in [-0.3, -0.25) is 0 Å². The zero-order chi connectivity index (χ0) is 16.4. The van der Waals surface area contributed by atoms with E-state index in [4.69, 9.17) is 21.3 Å². The standard InChI is InChI=1S/C18H26ClN3O/c1-4-20-17(21-11-12-7-5-6-8-14(12)19)22-15-13-9-10-23-16(13)18(15,2)3/h5-8,13,15-16H,4,9-11H2,1-3H3,(H2,20,21,22). The summed E-state index contributed by atoms with van der Waals surface area (Å²) in [4.78, 5) is 4.72. The molecule has 2 fully saturated rings. The molecule has 1 aromatic rings. The second-order valence-electron chi connectivity index (χ2n) is 6.97. The summed E-state index contributed by atoms with van der Waals surface area (Å²) in [5, 5.41) is 7.73. The first-order valence-electron chi connectivity index (χ1n) is 8.44. The van der Waals surface area contributed by atoms with Crippen molar-refractivity contribution in [1.82, 2.24) is 10.6 Å². The van der Waals surface area contributed by atoms with Crippen LogP contribution in [-0.2, 0) is 11.3 Å². The maximum Gasteiger partial charge on any atom is 0.191 e. The SMILES string of the molecule is CCNC(=NCc1ccccc1Cl)NC1C2CCOC2C1(C)C. The van der Waals surface area contributed by atoms with E-state index in [2.05, 4.69) is 31.4 Å². The molecule has 1 aliphatic heterocycles. The van der Waals surface area contributed by atoms with Crippen molar-refractivity contribution >= 4 is 17.6 Å². The van der Waals surface area contributed by atoms with Crippen LogP contribution in [0, 0.1) is 11.3 Å². The predicted molar refractivity (Wildman–Crippen MR) is 94.8 cm³/mol. The second kappa shape index (κ2) is 6.70. The van der Waals surface area contributed by atoms with Gasteiger partial charge in [0.1, 0.15) is 0 Å². The largest absolute Gasteiger partial charge is 0.377 e. The zero-order valence-corrected chi connectivity index (χ0v) is 14.9. The van der Waals surface area contributed by atoms with E-state index in [1.165, 1.54) is 0 Å². The Hall–Kier alpha value is -1.26. The molecule has 23 heavy (non-hydrogen) atoms. The molecule has 0 amide bonds. The maximum absolute atomic E-state index is 6.22. The minimum atomic E-state index is 0.141. The lowest BCUT2D eigenvalue weighted by Gasteiger charge is -2.54. The van der Waals surface area contributed by atoms with Gasteiger partial charge in [0, 0.05) is 35.5 Å². The van der Waals surface area contributed by atoms with Crippen molar-refractivity contribution in [2.45, 2.75) is 45.9 Å². The van der Waals surface area contributed by atoms with Gasteiger partial charge < -0.3 is 15.4 Å². The molecule has 0 aromatic heterocycles. The Bertz CT molecular complexity index is 587. The number of rotatable bonds is 4. The van der Waals surface area contributed by atoms with Gasteiger partial charge in [-0.05, 0) is 25.0 Å². The quantitative estimate of drug-likeness (QED) is 0.656. The molecule has 4 nitrogen and oxygen atoms in total. The fourth-order valence-electron chi connectivity index (χ4n) is 3.88. The van der Waals surface area contributed by atoms with Crippen LogP contribution < -0.4 is 10.6 Å². The van der Waals surface area contributed by atoms with Crippen LogP contribution in [0.4, 0.5) is 0 Å². The third-order valence-corrected chi connectivity index (χ3v) is 5.47. The molecular formula is C18H26ClN3O. The first-order chi connectivity index (χ1) is 11.0. The van der Waals surface area contributed by atoms with E-state index in [0.29, 0.717) is 24.6 Å². The number of aliphatic imine (C=N–C) groups is 1. The van der Waals surface area contributed by atoms with E-state index in [1.54, 1.807) is 0 Å². The Kier molecular flexibility index (Phi) is 4.83. The first-order valence-corrected chi connectivity index (χ1v) is 8.81. The summed E-state index contributed by atoms with van der Waals surface area (Å²) >= 11 is 6.22. The van der Waals surface area contributed by atoms with Gasteiger partial charge in [-0.2, -0.15) is 0 Å². The van der Waals surface area contributed by atoms with E-state index in [9.17, 15) is 0 Å². The van der Waals surface area contributed by atoms with Crippen molar-refractivity contribution < 1.29 is 4.74 Å². The monoisotopic (exact) mass is 335 g/mol. The molecule has 0 spiro atoms. The number of hydrogen-bond acceptors (Lipinski definition) is 2. The van der Waals surface area contributed by atoms with Gasteiger partial charge >= 0.3 is 0 Å². The van der Waals surface area contributed by atoms with E-state index >= 15 is 0 Å². The molecule has 2 aliphatic rings. The van der Waals surface area contributed by atoms with Crippen molar-refractivity contribution in [3.63, 3.8) is 0 Å². The number of halogens is 1. The average Bonchev–Trinajstić information content (AvgIpc) is 2.98. The Morgan fingerprint density at radius 1 is 1.39 bits per heavy atom. The highest BCUT2D eigenvalue weighted by atomic mass is 35.5. The first kappa shape index (κ1) is 16.6. The van der Waals surface area contributed by atoms with E-state index < -0.39 is 0 Å². The van der Waals surface area contributed by atoms with E-state index in [0.717, 1.165) is 36.1 Å². The highest BCUT2D eigenvalue weighted by Crippen LogP contribution is 2.52. The average molecular weight is 336 g/mol. The molecule has 3 unspecified atom stereocenters. The number of nitrogens with zero attached hydrogens (tertiary/aromatic N) is 1. The van der Waals surface area contributed by atoms with Crippen molar-refractivity contribution in [3.05, 3.63) is 34.9 Å². The van der Waals surface area contributed by atoms with Crippen molar-refractivity contribution in [2.24, 2.45) is 16.3 Å². The summed E-state index contributed by atoms with van der Waals surface area (Å²) in [7, 11) is 0. The van der Waals surface area contributed by atoms with E-state index in [-0.39, 0.29) is 5.41 Å².